The van der Waals surface area contributed by atoms with Gasteiger partial charge in [0.2, 0.25) is 5.88 Å². The number of carbonyl (C=O) groups excluding carboxylic acids is 1. The van der Waals surface area contributed by atoms with Gasteiger partial charge < -0.3 is 10.1 Å². The summed E-state index contributed by atoms with van der Waals surface area (Å²) in [6.45, 7) is 3.25. The molecule has 0 atom stereocenters. The van der Waals surface area contributed by atoms with Crippen molar-refractivity contribution in [2.45, 2.75) is 13.8 Å². The van der Waals surface area contributed by atoms with E-state index in [1.165, 1.54) is 6.92 Å². The molecule has 1 aromatic carbocycles. The Hall–Kier alpha value is -2.17. The summed E-state index contributed by atoms with van der Waals surface area (Å²) in [5.74, 6) is -0.480. The average molecular weight is 217 g/mol. The monoisotopic (exact) mass is 217 g/mol. The van der Waals surface area contributed by atoms with Gasteiger partial charge in [-0.3, -0.25) is 4.79 Å². The minimum atomic E-state index is -0.401. The molecule has 5 heteroatoms. The van der Waals surface area contributed by atoms with Crippen LogP contribution in [0.5, 0.6) is 5.88 Å². The van der Waals surface area contributed by atoms with Crippen molar-refractivity contribution < 1.29 is 9.90 Å². The number of benzene rings is 1. The van der Waals surface area contributed by atoms with Crippen LogP contribution in [0.15, 0.2) is 28.4 Å². The molecule has 0 aliphatic rings. The standard InChI is InChI=1S/C11H11N3O2/c1-6-3-4-9-8(5-6)10(11(16)12-9)14-13-7(2)15/h3-5,12,16H,1-2H3. The highest BCUT2D eigenvalue weighted by molar-refractivity contribution is 5.94. The van der Waals surface area contributed by atoms with Gasteiger partial charge in [-0.2, -0.15) is 0 Å². The second-order valence-corrected chi connectivity index (χ2v) is 3.59. The molecule has 0 saturated heterocycles. The number of fused-ring (bicyclic) bond motifs is 1. The zero-order chi connectivity index (χ0) is 11.7. The van der Waals surface area contributed by atoms with Gasteiger partial charge in [0, 0.05) is 12.3 Å². The van der Waals surface area contributed by atoms with Crippen molar-refractivity contribution in [3.05, 3.63) is 23.8 Å². The van der Waals surface area contributed by atoms with Gasteiger partial charge >= 0.3 is 0 Å². The number of carbonyl (C=O) groups is 1. The fourth-order valence-electron chi connectivity index (χ4n) is 1.50. The van der Waals surface area contributed by atoms with E-state index in [0.717, 1.165) is 16.5 Å². The fourth-order valence-corrected chi connectivity index (χ4v) is 1.50. The second-order valence-electron chi connectivity index (χ2n) is 3.59. The molecule has 2 N–H and O–H groups in total. The normalized spacial score (nSPS) is 11.4. The Morgan fingerprint density at radius 1 is 1.44 bits per heavy atom. The summed E-state index contributed by atoms with van der Waals surface area (Å²) in [5.41, 5.74) is 2.11. The van der Waals surface area contributed by atoms with Crippen LogP contribution in [0, 0.1) is 6.92 Å². The van der Waals surface area contributed by atoms with Gasteiger partial charge in [0.25, 0.3) is 5.91 Å². The lowest BCUT2D eigenvalue weighted by Crippen LogP contribution is -1.77. The lowest BCUT2D eigenvalue weighted by molar-refractivity contribution is -0.116. The van der Waals surface area contributed by atoms with Gasteiger partial charge in [-0.25, -0.2) is 0 Å². The Kier molecular flexibility index (Phi) is 2.44. The zero-order valence-electron chi connectivity index (χ0n) is 8.98. The predicted molar refractivity (Wildman–Crippen MR) is 59.9 cm³/mol. The first-order valence-electron chi connectivity index (χ1n) is 4.81. The van der Waals surface area contributed by atoms with E-state index in [1.54, 1.807) is 0 Å². The van der Waals surface area contributed by atoms with E-state index in [0.29, 0.717) is 5.69 Å². The van der Waals surface area contributed by atoms with Gasteiger partial charge in [0.15, 0.2) is 5.69 Å². The maximum Gasteiger partial charge on any atom is 0.261 e. The van der Waals surface area contributed by atoms with Crippen molar-refractivity contribution in [1.82, 2.24) is 4.98 Å². The van der Waals surface area contributed by atoms with Crippen LogP contribution in [0.1, 0.15) is 12.5 Å². The number of rotatable bonds is 1. The molecular formula is C11H11N3O2. The van der Waals surface area contributed by atoms with Gasteiger partial charge in [-0.05, 0) is 19.1 Å². The minimum Gasteiger partial charge on any atom is -0.493 e. The largest absolute Gasteiger partial charge is 0.493 e. The number of nitrogens with zero attached hydrogens (tertiary/aromatic N) is 2. The molecule has 0 fully saturated rings. The van der Waals surface area contributed by atoms with E-state index in [2.05, 4.69) is 15.2 Å². The maximum absolute atomic E-state index is 10.7. The first-order chi connectivity index (χ1) is 7.58. The molecule has 0 unspecified atom stereocenters. The van der Waals surface area contributed by atoms with Crippen molar-refractivity contribution in [3.63, 3.8) is 0 Å². The number of H-pyrrole nitrogens is 1. The summed E-state index contributed by atoms with van der Waals surface area (Å²) >= 11 is 0. The summed E-state index contributed by atoms with van der Waals surface area (Å²) in [4.78, 5) is 13.5. The number of azo groups is 1. The molecule has 82 valence electrons. The highest BCUT2D eigenvalue weighted by atomic mass is 16.3. The van der Waals surface area contributed by atoms with Gasteiger partial charge in [-0.1, -0.05) is 11.6 Å². The fraction of sp³-hybridized carbons (Fsp3) is 0.182. The van der Waals surface area contributed by atoms with Crippen molar-refractivity contribution >= 4 is 22.5 Å². The first-order valence-corrected chi connectivity index (χ1v) is 4.81. The average Bonchev–Trinajstić information content (AvgIpc) is 2.51. The summed E-state index contributed by atoms with van der Waals surface area (Å²) in [5, 5.41) is 17.5. The van der Waals surface area contributed by atoms with E-state index in [-0.39, 0.29) is 5.88 Å². The number of aromatic nitrogens is 1. The van der Waals surface area contributed by atoms with E-state index < -0.39 is 5.91 Å². The SMILES string of the molecule is CC(=O)N=Nc1c(O)[nH]c2ccc(C)cc12. The molecule has 0 radical (unpaired) electrons. The second kappa shape index (κ2) is 3.77. The molecule has 1 aromatic heterocycles. The number of amides is 1. The Bertz CT molecular complexity index is 584. The molecule has 1 amide bonds. The van der Waals surface area contributed by atoms with Crippen LogP contribution in [0.25, 0.3) is 10.9 Å². The van der Waals surface area contributed by atoms with E-state index in [9.17, 15) is 9.90 Å². The number of aromatic hydroxyl groups is 1. The highest BCUT2D eigenvalue weighted by Gasteiger charge is 2.10. The molecule has 0 saturated carbocycles. The lowest BCUT2D eigenvalue weighted by Gasteiger charge is -1.93. The molecule has 5 nitrogen and oxygen atoms in total. The Morgan fingerprint density at radius 3 is 2.88 bits per heavy atom. The minimum absolute atomic E-state index is 0.0781. The van der Waals surface area contributed by atoms with Crippen LogP contribution in [0.3, 0.4) is 0 Å². The molecule has 16 heavy (non-hydrogen) atoms. The number of aryl methyl sites for hydroxylation is 1. The zero-order valence-corrected chi connectivity index (χ0v) is 8.98. The Labute approximate surface area is 91.8 Å². The summed E-state index contributed by atoms with van der Waals surface area (Å²) < 4.78 is 0. The number of aromatic amines is 1. The summed E-state index contributed by atoms with van der Waals surface area (Å²) in [6, 6.07) is 5.64. The first kappa shape index (κ1) is 10.4. The molecule has 2 rings (SSSR count). The molecule has 0 aliphatic heterocycles. The van der Waals surface area contributed by atoms with Crippen molar-refractivity contribution in [3.8, 4) is 5.88 Å². The number of hydrogen-bond donors (Lipinski definition) is 2. The summed E-state index contributed by atoms with van der Waals surface area (Å²) in [7, 11) is 0. The van der Waals surface area contributed by atoms with Gasteiger partial charge in [0.1, 0.15) is 0 Å². The van der Waals surface area contributed by atoms with Crippen molar-refractivity contribution in [2.75, 3.05) is 0 Å². The lowest BCUT2D eigenvalue weighted by atomic mass is 10.2. The van der Waals surface area contributed by atoms with Crippen LogP contribution >= 0.6 is 0 Å². The van der Waals surface area contributed by atoms with Crippen LogP contribution in [-0.2, 0) is 4.79 Å². The number of hydrogen-bond acceptors (Lipinski definition) is 3. The topological polar surface area (TPSA) is 77.8 Å². The Morgan fingerprint density at radius 2 is 2.19 bits per heavy atom. The molecule has 2 aromatic rings. The Balaban J connectivity index is 2.62. The van der Waals surface area contributed by atoms with Gasteiger partial charge in [0.05, 0.1) is 5.52 Å². The molecule has 1 heterocycles. The third-order valence-corrected chi connectivity index (χ3v) is 2.20. The van der Waals surface area contributed by atoms with Crippen LogP contribution < -0.4 is 0 Å². The highest BCUT2D eigenvalue weighted by Crippen LogP contribution is 2.35. The molecule has 0 aliphatic carbocycles. The van der Waals surface area contributed by atoms with Gasteiger partial charge in [-0.15, -0.1) is 10.2 Å². The molecular weight excluding hydrogens is 206 g/mol. The van der Waals surface area contributed by atoms with E-state index in [4.69, 9.17) is 0 Å². The van der Waals surface area contributed by atoms with Crippen molar-refractivity contribution in [2.24, 2.45) is 10.2 Å². The smallest absolute Gasteiger partial charge is 0.261 e. The predicted octanol–water partition coefficient (Wildman–Crippen LogP) is 2.81. The van der Waals surface area contributed by atoms with Crippen LogP contribution in [0.4, 0.5) is 5.69 Å². The maximum atomic E-state index is 10.7. The van der Waals surface area contributed by atoms with E-state index in [1.807, 2.05) is 25.1 Å². The van der Waals surface area contributed by atoms with Crippen molar-refractivity contribution in [1.29, 1.82) is 0 Å². The molecule has 0 bridgehead atoms. The third-order valence-electron chi connectivity index (χ3n) is 2.20. The quantitative estimate of drug-likeness (QED) is 0.720. The van der Waals surface area contributed by atoms with Crippen LogP contribution in [-0.4, -0.2) is 16.0 Å². The number of nitrogens with one attached hydrogen (secondary N) is 1. The third kappa shape index (κ3) is 1.79. The molecule has 0 spiro atoms. The summed E-state index contributed by atoms with van der Waals surface area (Å²) in [6.07, 6.45) is 0. The van der Waals surface area contributed by atoms with Crippen LogP contribution in [0.2, 0.25) is 0 Å². The van der Waals surface area contributed by atoms with E-state index >= 15 is 0 Å².